The molecule has 0 spiro atoms. The average Bonchev–Trinajstić information content (AvgIpc) is 3.38. The van der Waals surface area contributed by atoms with E-state index in [9.17, 15) is 4.79 Å². The van der Waals surface area contributed by atoms with Crippen molar-refractivity contribution < 1.29 is 4.79 Å². The molecule has 0 aromatic heterocycles. The fraction of sp³-hybridized carbons (Fsp3) is 0.318. The second kappa shape index (κ2) is 6.74. The van der Waals surface area contributed by atoms with E-state index in [1.165, 1.54) is 18.5 Å². The van der Waals surface area contributed by atoms with Gasteiger partial charge >= 0.3 is 0 Å². The molecule has 3 heterocycles. The summed E-state index contributed by atoms with van der Waals surface area (Å²) in [4.78, 5) is 17.3. The van der Waals surface area contributed by atoms with Crippen molar-refractivity contribution >= 4 is 22.9 Å². The number of para-hydroxylation sites is 1. The van der Waals surface area contributed by atoms with Gasteiger partial charge in [0.25, 0.3) is 0 Å². The van der Waals surface area contributed by atoms with Gasteiger partial charge in [0.1, 0.15) is 6.17 Å². The van der Waals surface area contributed by atoms with Gasteiger partial charge in [-0.05, 0) is 48.2 Å². The van der Waals surface area contributed by atoms with Gasteiger partial charge in [-0.1, -0.05) is 30.3 Å². The van der Waals surface area contributed by atoms with Crippen molar-refractivity contribution in [2.75, 3.05) is 29.6 Å². The van der Waals surface area contributed by atoms with Gasteiger partial charge in [-0.3, -0.25) is 10.1 Å². The third kappa shape index (κ3) is 2.88. The molecule has 2 unspecified atom stereocenters. The van der Waals surface area contributed by atoms with Crippen molar-refractivity contribution in [2.24, 2.45) is 5.92 Å². The first-order valence-corrected chi connectivity index (χ1v) is 9.73. The number of carbonyl (C=O) groups excluding carboxylic acids is 1. The maximum atomic E-state index is 12.7. The number of benzene rings is 2. The van der Waals surface area contributed by atoms with Gasteiger partial charge in [0.15, 0.2) is 0 Å². The molecule has 0 aliphatic carbocycles. The highest BCUT2D eigenvalue weighted by molar-refractivity contribution is 5.96. The molecule has 2 aromatic carbocycles. The van der Waals surface area contributed by atoms with Crippen LogP contribution in [0.1, 0.15) is 18.4 Å². The predicted octanol–water partition coefficient (Wildman–Crippen LogP) is 2.77. The Labute approximate surface area is 159 Å². The summed E-state index contributed by atoms with van der Waals surface area (Å²) >= 11 is 0. The van der Waals surface area contributed by atoms with Crippen molar-refractivity contribution in [3.63, 3.8) is 0 Å². The molecule has 27 heavy (non-hydrogen) atoms. The van der Waals surface area contributed by atoms with Crippen molar-refractivity contribution in [1.82, 2.24) is 10.6 Å². The van der Waals surface area contributed by atoms with E-state index in [0.29, 0.717) is 6.67 Å². The van der Waals surface area contributed by atoms with E-state index in [0.717, 1.165) is 29.9 Å². The Morgan fingerprint density at radius 2 is 1.63 bits per heavy atom. The molecule has 5 rings (SSSR count). The van der Waals surface area contributed by atoms with Gasteiger partial charge in [0, 0.05) is 30.7 Å². The molecule has 3 aliphatic rings. The zero-order valence-electron chi connectivity index (χ0n) is 15.3. The lowest BCUT2D eigenvalue weighted by Crippen LogP contribution is -2.58. The highest BCUT2D eigenvalue weighted by atomic mass is 16.2. The molecule has 0 saturated carbocycles. The van der Waals surface area contributed by atoms with E-state index in [-0.39, 0.29) is 18.0 Å². The predicted molar refractivity (Wildman–Crippen MR) is 108 cm³/mol. The number of fused-ring (bicyclic) bond motifs is 1. The highest BCUT2D eigenvalue weighted by Crippen LogP contribution is 2.39. The summed E-state index contributed by atoms with van der Waals surface area (Å²) in [6.07, 6.45) is 4.63. The van der Waals surface area contributed by atoms with Crippen LogP contribution in [-0.4, -0.2) is 31.8 Å². The largest absolute Gasteiger partial charge is 0.372 e. The standard InChI is InChI=1S/C22H24N4O/c27-22-20-19(16-8-10-17(11-9-16)25-12-4-5-13-25)14-26(21(20)23-15-24-22)18-6-2-1-3-7-18/h1-3,6-11,14,20-21,23H,4-5,12-13,15H2,(H,24,27). The fourth-order valence-electron chi connectivity index (χ4n) is 4.42. The minimum atomic E-state index is -0.211. The minimum Gasteiger partial charge on any atom is -0.372 e. The summed E-state index contributed by atoms with van der Waals surface area (Å²) in [7, 11) is 0. The molecule has 138 valence electrons. The summed E-state index contributed by atoms with van der Waals surface area (Å²) in [5.74, 6) is -0.122. The first kappa shape index (κ1) is 16.4. The zero-order valence-corrected chi connectivity index (χ0v) is 15.3. The fourth-order valence-corrected chi connectivity index (χ4v) is 4.42. The van der Waals surface area contributed by atoms with Gasteiger partial charge in [-0.25, -0.2) is 0 Å². The molecule has 0 radical (unpaired) electrons. The van der Waals surface area contributed by atoms with Crippen LogP contribution < -0.4 is 20.4 Å². The minimum absolute atomic E-state index is 0.0468. The molecule has 2 atom stereocenters. The van der Waals surface area contributed by atoms with E-state index in [2.05, 4.69) is 63.0 Å². The number of hydrogen-bond donors (Lipinski definition) is 2. The highest BCUT2D eigenvalue weighted by Gasteiger charge is 2.43. The quantitative estimate of drug-likeness (QED) is 0.884. The second-order valence-corrected chi connectivity index (χ2v) is 7.41. The van der Waals surface area contributed by atoms with Gasteiger partial charge in [0.05, 0.1) is 12.6 Å². The van der Waals surface area contributed by atoms with E-state index in [4.69, 9.17) is 0 Å². The third-order valence-corrected chi connectivity index (χ3v) is 5.81. The lowest BCUT2D eigenvalue weighted by atomic mass is 9.91. The SMILES string of the molecule is O=C1NCNC2C1C(c1ccc(N3CCCC3)cc1)=CN2c1ccccc1. The average molecular weight is 360 g/mol. The van der Waals surface area contributed by atoms with Crippen LogP contribution in [0.25, 0.3) is 5.57 Å². The number of amides is 1. The Morgan fingerprint density at radius 1 is 0.889 bits per heavy atom. The number of rotatable bonds is 3. The Balaban J connectivity index is 1.50. The molecule has 2 aromatic rings. The maximum Gasteiger partial charge on any atom is 0.232 e. The smallest absolute Gasteiger partial charge is 0.232 e. The van der Waals surface area contributed by atoms with Crippen molar-refractivity contribution in [3.05, 3.63) is 66.4 Å². The maximum absolute atomic E-state index is 12.7. The molecule has 3 aliphatic heterocycles. The van der Waals surface area contributed by atoms with Gasteiger partial charge in [-0.2, -0.15) is 0 Å². The van der Waals surface area contributed by atoms with Gasteiger partial charge in [0.2, 0.25) is 5.91 Å². The van der Waals surface area contributed by atoms with Crippen LogP contribution in [0.15, 0.2) is 60.8 Å². The third-order valence-electron chi connectivity index (χ3n) is 5.81. The number of carbonyl (C=O) groups is 1. The Morgan fingerprint density at radius 3 is 2.37 bits per heavy atom. The molecule has 2 N–H and O–H groups in total. The Kier molecular flexibility index (Phi) is 4.09. The molecule has 1 amide bonds. The van der Waals surface area contributed by atoms with Crippen LogP contribution in [0.5, 0.6) is 0 Å². The van der Waals surface area contributed by atoms with Gasteiger partial charge < -0.3 is 15.1 Å². The summed E-state index contributed by atoms with van der Waals surface area (Å²) < 4.78 is 0. The van der Waals surface area contributed by atoms with Gasteiger partial charge in [-0.15, -0.1) is 0 Å². The lowest BCUT2D eigenvalue weighted by molar-refractivity contribution is -0.125. The van der Waals surface area contributed by atoms with Crippen LogP contribution in [0.4, 0.5) is 11.4 Å². The molecule has 0 bridgehead atoms. The van der Waals surface area contributed by atoms with Crippen molar-refractivity contribution in [3.8, 4) is 0 Å². The number of hydrogen-bond acceptors (Lipinski definition) is 4. The topological polar surface area (TPSA) is 47.6 Å². The molecule has 2 saturated heterocycles. The first-order chi connectivity index (χ1) is 13.3. The lowest BCUT2D eigenvalue weighted by Gasteiger charge is -2.34. The van der Waals surface area contributed by atoms with Crippen LogP contribution in [0.2, 0.25) is 0 Å². The Hall–Kier alpha value is -2.79. The number of nitrogens with zero attached hydrogens (tertiary/aromatic N) is 2. The summed E-state index contributed by atoms with van der Waals surface area (Å²) in [5, 5.41) is 6.41. The molecule has 2 fully saturated rings. The molecular weight excluding hydrogens is 336 g/mol. The van der Waals surface area contributed by atoms with Crippen molar-refractivity contribution in [1.29, 1.82) is 0 Å². The summed E-state index contributed by atoms with van der Waals surface area (Å²) in [6, 6.07) is 18.9. The summed E-state index contributed by atoms with van der Waals surface area (Å²) in [6.45, 7) is 2.78. The summed E-state index contributed by atoms with van der Waals surface area (Å²) in [5.41, 5.74) is 4.56. The van der Waals surface area contributed by atoms with E-state index < -0.39 is 0 Å². The first-order valence-electron chi connectivity index (χ1n) is 9.73. The molecular formula is C22H24N4O. The van der Waals surface area contributed by atoms with Crippen molar-refractivity contribution in [2.45, 2.75) is 19.0 Å². The number of nitrogens with one attached hydrogen (secondary N) is 2. The number of anilines is 2. The second-order valence-electron chi connectivity index (χ2n) is 7.41. The zero-order chi connectivity index (χ0) is 18.2. The van der Waals surface area contributed by atoms with Crippen LogP contribution >= 0.6 is 0 Å². The molecule has 5 heteroatoms. The van der Waals surface area contributed by atoms with E-state index in [1.54, 1.807) is 0 Å². The van der Waals surface area contributed by atoms with E-state index in [1.807, 2.05) is 18.2 Å². The van der Waals surface area contributed by atoms with Crippen LogP contribution in [0, 0.1) is 5.92 Å². The Bertz CT molecular complexity index is 856. The normalized spacial score (nSPS) is 24.6. The van der Waals surface area contributed by atoms with Crippen LogP contribution in [0.3, 0.4) is 0 Å². The van der Waals surface area contributed by atoms with Crippen LogP contribution in [-0.2, 0) is 4.79 Å². The van der Waals surface area contributed by atoms with E-state index >= 15 is 0 Å². The molecule has 5 nitrogen and oxygen atoms in total. The monoisotopic (exact) mass is 360 g/mol.